The van der Waals surface area contributed by atoms with Crippen LogP contribution in [-0.2, 0) is 0 Å². The van der Waals surface area contributed by atoms with E-state index in [0.717, 1.165) is 25.7 Å². The first-order chi connectivity index (χ1) is 7.86. The van der Waals surface area contributed by atoms with E-state index in [1.54, 1.807) is 0 Å². The molecular formula is C15H26O2. The molecule has 2 nitrogen and oxygen atoms in total. The van der Waals surface area contributed by atoms with E-state index >= 15 is 0 Å². The molecule has 0 heterocycles. The summed E-state index contributed by atoms with van der Waals surface area (Å²) in [5, 5.41) is 18.7. The lowest BCUT2D eigenvalue weighted by molar-refractivity contribution is 0.113. The van der Waals surface area contributed by atoms with Crippen LogP contribution in [0.2, 0.25) is 0 Å². The molecule has 0 unspecified atom stereocenters. The molecule has 0 bridgehead atoms. The van der Waals surface area contributed by atoms with Gasteiger partial charge in [0.05, 0.1) is 12.7 Å². The molecule has 2 N–H and O–H groups in total. The van der Waals surface area contributed by atoms with Crippen molar-refractivity contribution < 1.29 is 10.2 Å². The zero-order chi connectivity index (χ0) is 13.1. The first kappa shape index (κ1) is 14.5. The summed E-state index contributed by atoms with van der Waals surface area (Å²) in [6, 6.07) is 0. The predicted molar refractivity (Wildman–Crippen MR) is 71.8 cm³/mol. The molecule has 1 aliphatic rings. The highest BCUT2D eigenvalue weighted by atomic mass is 16.3. The fourth-order valence-corrected chi connectivity index (χ4v) is 2.97. The van der Waals surface area contributed by atoms with Gasteiger partial charge in [0.15, 0.2) is 0 Å². The van der Waals surface area contributed by atoms with Crippen LogP contribution in [0.15, 0.2) is 22.8 Å². The maximum Gasteiger partial charge on any atom is 0.0614 e. The van der Waals surface area contributed by atoms with Crippen LogP contribution in [-0.4, -0.2) is 22.9 Å². The molecule has 98 valence electrons. The zero-order valence-electron chi connectivity index (χ0n) is 11.6. The molecular weight excluding hydrogens is 212 g/mol. The van der Waals surface area contributed by atoms with E-state index in [4.69, 9.17) is 5.11 Å². The Hall–Kier alpha value is -0.600. The Morgan fingerprint density at radius 1 is 1.47 bits per heavy atom. The van der Waals surface area contributed by atoms with Gasteiger partial charge >= 0.3 is 0 Å². The van der Waals surface area contributed by atoms with Gasteiger partial charge in [0.1, 0.15) is 0 Å². The first-order valence-corrected chi connectivity index (χ1v) is 6.50. The first-order valence-electron chi connectivity index (χ1n) is 6.50. The van der Waals surface area contributed by atoms with E-state index in [1.807, 2.05) is 6.08 Å². The fourth-order valence-electron chi connectivity index (χ4n) is 2.97. The van der Waals surface area contributed by atoms with Crippen LogP contribution < -0.4 is 0 Å². The van der Waals surface area contributed by atoms with Crippen molar-refractivity contribution in [2.45, 2.75) is 59.5 Å². The summed E-state index contributed by atoms with van der Waals surface area (Å²) in [5.74, 6) is 0. The van der Waals surface area contributed by atoms with Crippen LogP contribution in [0, 0.1) is 5.41 Å². The van der Waals surface area contributed by atoms with E-state index in [9.17, 15) is 5.11 Å². The Balaban J connectivity index is 2.74. The normalized spacial score (nSPS) is 25.3. The van der Waals surface area contributed by atoms with Gasteiger partial charge in [-0.25, -0.2) is 0 Å². The number of hydrogen-bond donors (Lipinski definition) is 2. The lowest BCUT2D eigenvalue weighted by atomic mass is 9.70. The summed E-state index contributed by atoms with van der Waals surface area (Å²) in [7, 11) is 0. The Kier molecular flexibility index (Phi) is 4.96. The molecule has 0 aliphatic heterocycles. The van der Waals surface area contributed by atoms with E-state index < -0.39 is 0 Å². The summed E-state index contributed by atoms with van der Waals surface area (Å²) < 4.78 is 0. The van der Waals surface area contributed by atoms with E-state index in [1.165, 1.54) is 16.7 Å². The molecule has 1 rings (SSSR count). The van der Waals surface area contributed by atoms with E-state index in [-0.39, 0.29) is 18.1 Å². The SMILES string of the molecule is CC(=CCO)CCC1=C(C)C[C@@H](O)CC1(C)C. The zero-order valence-corrected chi connectivity index (χ0v) is 11.6. The van der Waals surface area contributed by atoms with Gasteiger partial charge in [-0.15, -0.1) is 0 Å². The number of aliphatic hydroxyl groups excluding tert-OH is 2. The maximum atomic E-state index is 9.82. The highest BCUT2D eigenvalue weighted by Crippen LogP contribution is 2.42. The highest BCUT2D eigenvalue weighted by molar-refractivity contribution is 5.24. The summed E-state index contributed by atoms with van der Waals surface area (Å²) in [4.78, 5) is 0. The minimum Gasteiger partial charge on any atom is -0.393 e. The molecule has 0 saturated carbocycles. The van der Waals surface area contributed by atoms with Crippen molar-refractivity contribution >= 4 is 0 Å². The van der Waals surface area contributed by atoms with Crippen LogP contribution in [0.25, 0.3) is 0 Å². The van der Waals surface area contributed by atoms with Crippen LogP contribution in [0.5, 0.6) is 0 Å². The summed E-state index contributed by atoms with van der Waals surface area (Å²) in [6.45, 7) is 8.78. The largest absolute Gasteiger partial charge is 0.393 e. The minimum absolute atomic E-state index is 0.112. The molecule has 17 heavy (non-hydrogen) atoms. The van der Waals surface area contributed by atoms with Crippen LogP contribution in [0.1, 0.15) is 53.4 Å². The molecule has 0 aromatic heterocycles. The minimum atomic E-state index is -0.178. The van der Waals surface area contributed by atoms with Gasteiger partial charge in [-0.05, 0) is 44.9 Å². The second-order valence-corrected chi connectivity index (χ2v) is 5.94. The summed E-state index contributed by atoms with van der Waals surface area (Å²) in [6.07, 6.45) is 5.44. The topological polar surface area (TPSA) is 40.5 Å². The smallest absolute Gasteiger partial charge is 0.0614 e. The molecule has 2 heteroatoms. The predicted octanol–water partition coefficient (Wildman–Crippen LogP) is 3.20. The molecule has 1 atom stereocenters. The third-order valence-electron chi connectivity index (χ3n) is 3.83. The number of hydrogen-bond acceptors (Lipinski definition) is 2. The Morgan fingerprint density at radius 2 is 2.12 bits per heavy atom. The van der Waals surface area contributed by atoms with Crippen molar-refractivity contribution in [3.8, 4) is 0 Å². The molecule has 0 aromatic carbocycles. The third-order valence-corrected chi connectivity index (χ3v) is 3.83. The van der Waals surface area contributed by atoms with E-state index in [2.05, 4.69) is 27.7 Å². The number of aliphatic hydroxyl groups is 2. The average molecular weight is 238 g/mol. The molecule has 0 fully saturated rings. The average Bonchev–Trinajstić information content (AvgIpc) is 2.14. The van der Waals surface area contributed by atoms with Gasteiger partial charge in [-0.1, -0.05) is 36.6 Å². The van der Waals surface area contributed by atoms with Gasteiger partial charge in [0.25, 0.3) is 0 Å². The third kappa shape index (κ3) is 3.97. The highest BCUT2D eigenvalue weighted by Gasteiger charge is 2.32. The molecule has 1 aliphatic carbocycles. The fraction of sp³-hybridized carbons (Fsp3) is 0.733. The van der Waals surface area contributed by atoms with Crippen molar-refractivity contribution in [1.29, 1.82) is 0 Å². The Bertz CT molecular complexity index is 324. The summed E-state index contributed by atoms with van der Waals surface area (Å²) >= 11 is 0. The molecule has 0 radical (unpaired) electrons. The molecule has 0 saturated heterocycles. The van der Waals surface area contributed by atoms with Crippen LogP contribution in [0.3, 0.4) is 0 Å². The van der Waals surface area contributed by atoms with Gasteiger partial charge in [0.2, 0.25) is 0 Å². The second kappa shape index (κ2) is 5.83. The molecule has 0 aromatic rings. The number of rotatable bonds is 4. The maximum absolute atomic E-state index is 9.82. The van der Waals surface area contributed by atoms with Gasteiger partial charge in [-0.2, -0.15) is 0 Å². The summed E-state index contributed by atoms with van der Waals surface area (Å²) in [5.41, 5.74) is 4.20. The second-order valence-electron chi connectivity index (χ2n) is 5.94. The van der Waals surface area contributed by atoms with Crippen molar-refractivity contribution in [2.75, 3.05) is 6.61 Å². The lowest BCUT2D eigenvalue weighted by Gasteiger charge is -2.37. The van der Waals surface area contributed by atoms with Crippen molar-refractivity contribution in [3.05, 3.63) is 22.8 Å². The Morgan fingerprint density at radius 3 is 2.65 bits per heavy atom. The van der Waals surface area contributed by atoms with Crippen molar-refractivity contribution in [3.63, 3.8) is 0 Å². The number of allylic oxidation sites excluding steroid dienone is 2. The monoisotopic (exact) mass is 238 g/mol. The molecule has 0 amide bonds. The Labute approximate surface area is 105 Å². The van der Waals surface area contributed by atoms with Crippen LogP contribution >= 0.6 is 0 Å². The lowest BCUT2D eigenvalue weighted by Crippen LogP contribution is -2.29. The van der Waals surface area contributed by atoms with Gasteiger partial charge < -0.3 is 10.2 Å². The quantitative estimate of drug-likeness (QED) is 0.738. The van der Waals surface area contributed by atoms with Gasteiger partial charge in [0, 0.05) is 0 Å². The standard InChI is InChI=1S/C15H26O2/c1-11(7-8-16)5-6-14-12(2)9-13(17)10-15(14,3)4/h7,13,16-17H,5-6,8-10H2,1-4H3/t13-/m1/s1. The van der Waals surface area contributed by atoms with E-state index in [0.29, 0.717) is 0 Å². The van der Waals surface area contributed by atoms with Crippen molar-refractivity contribution in [2.24, 2.45) is 5.41 Å². The van der Waals surface area contributed by atoms with Crippen molar-refractivity contribution in [1.82, 2.24) is 0 Å². The van der Waals surface area contributed by atoms with Gasteiger partial charge in [-0.3, -0.25) is 0 Å². The van der Waals surface area contributed by atoms with Crippen LogP contribution in [0.4, 0.5) is 0 Å². The molecule has 0 spiro atoms.